The third kappa shape index (κ3) is 5.10. The third-order valence-electron chi connectivity index (χ3n) is 5.40. The number of amides is 1. The number of sulfonamides is 1. The average Bonchev–Trinajstić information content (AvgIpc) is 3.21. The van der Waals surface area contributed by atoms with E-state index in [1.807, 2.05) is 0 Å². The van der Waals surface area contributed by atoms with Gasteiger partial charge in [-0.05, 0) is 49.3 Å². The molecule has 1 aromatic carbocycles. The Labute approximate surface area is 177 Å². The van der Waals surface area contributed by atoms with Gasteiger partial charge in [0.2, 0.25) is 10.0 Å². The van der Waals surface area contributed by atoms with Crippen molar-refractivity contribution in [1.82, 2.24) is 9.21 Å². The highest BCUT2D eigenvalue weighted by molar-refractivity contribution is 7.89. The number of nitrogens with zero attached hydrogens (tertiary/aromatic N) is 2. The molecule has 7 nitrogen and oxygen atoms in total. The lowest BCUT2D eigenvalue weighted by atomic mass is 9.92. The number of carbonyl (C=O) groups is 2. The standard InChI is InChI=1S/C20H27ClN2O5S/c1-14-9-15(2)12-22(11-14)19(24)13-28-20(25)16-5-6-17(21)18(10-16)29(26,27)23-7-3-4-8-23/h5-6,10,14-15H,3-4,7-9,11-13H2,1-2H3. The SMILES string of the molecule is CC1CC(C)CN(C(=O)COC(=O)c2ccc(Cl)c(S(=O)(=O)N3CCCC3)c2)C1. The first kappa shape index (κ1) is 22.1. The molecule has 29 heavy (non-hydrogen) atoms. The summed E-state index contributed by atoms with van der Waals surface area (Å²) in [5, 5.41) is 0.0563. The predicted octanol–water partition coefficient (Wildman–Crippen LogP) is 2.79. The van der Waals surface area contributed by atoms with Crippen LogP contribution in [-0.2, 0) is 19.6 Å². The minimum atomic E-state index is -3.77. The van der Waals surface area contributed by atoms with E-state index >= 15 is 0 Å². The number of hydrogen-bond donors (Lipinski definition) is 0. The van der Waals surface area contributed by atoms with Gasteiger partial charge in [-0.25, -0.2) is 13.2 Å². The van der Waals surface area contributed by atoms with Crippen LogP contribution in [0.5, 0.6) is 0 Å². The molecule has 2 unspecified atom stereocenters. The Morgan fingerprint density at radius 1 is 1.14 bits per heavy atom. The molecule has 2 saturated heterocycles. The number of halogens is 1. The van der Waals surface area contributed by atoms with Crippen molar-refractivity contribution in [2.24, 2.45) is 11.8 Å². The van der Waals surface area contributed by atoms with E-state index in [-0.39, 0.29) is 28.0 Å². The van der Waals surface area contributed by atoms with Crippen molar-refractivity contribution >= 4 is 33.5 Å². The molecule has 0 saturated carbocycles. The summed E-state index contributed by atoms with van der Waals surface area (Å²) in [7, 11) is -3.77. The molecule has 2 fully saturated rings. The number of benzene rings is 1. The van der Waals surface area contributed by atoms with Crippen LogP contribution in [0.1, 0.15) is 43.5 Å². The molecule has 9 heteroatoms. The van der Waals surface area contributed by atoms with Crippen LogP contribution in [0, 0.1) is 11.8 Å². The van der Waals surface area contributed by atoms with E-state index in [4.69, 9.17) is 16.3 Å². The maximum absolute atomic E-state index is 12.8. The molecule has 0 aromatic heterocycles. The molecule has 3 rings (SSSR count). The molecule has 2 atom stereocenters. The first-order valence-electron chi connectivity index (χ1n) is 9.93. The Morgan fingerprint density at radius 2 is 1.76 bits per heavy atom. The van der Waals surface area contributed by atoms with Crippen molar-refractivity contribution in [2.45, 2.75) is 38.0 Å². The molecule has 2 aliphatic heterocycles. The van der Waals surface area contributed by atoms with Gasteiger partial charge in [0.1, 0.15) is 4.90 Å². The molecule has 0 N–H and O–H groups in total. The Kier molecular flexibility index (Phi) is 6.86. The average molecular weight is 443 g/mol. The van der Waals surface area contributed by atoms with Gasteiger partial charge in [0.25, 0.3) is 5.91 Å². The van der Waals surface area contributed by atoms with Gasteiger partial charge in [-0.1, -0.05) is 25.4 Å². The zero-order valence-corrected chi connectivity index (χ0v) is 18.3. The summed E-state index contributed by atoms with van der Waals surface area (Å²) in [6, 6.07) is 4.01. The quantitative estimate of drug-likeness (QED) is 0.654. The van der Waals surface area contributed by atoms with Gasteiger partial charge in [-0.3, -0.25) is 4.79 Å². The topological polar surface area (TPSA) is 84.0 Å². The van der Waals surface area contributed by atoms with E-state index in [0.717, 1.165) is 19.3 Å². The molecule has 0 aliphatic carbocycles. The van der Waals surface area contributed by atoms with Crippen LogP contribution in [0.15, 0.2) is 23.1 Å². The second-order valence-electron chi connectivity index (χ2n) is 8.08. The number of carbonyl (C=O) groups excluding carboxylic acids is 2. The highest BCUT2D eigenvalue weighted by Gasteiger charge is 2.30. The van der Waals surface area contributed by atoms with Crippen molar-refractivity contribution < 1.29 is 22.7 Å². The van der Waals surface area contributed by atoms with Crippen LogP contribution in [0.2, 0.25) is 5.02 Å². The molecule has 1 aromatic rings. The van der Waals surface area contributed by atoms with Crippen LogP contribution in [-0.4, -0.2) is 62.3 Å². The summed E-state index contributed by atoms with van der Waals surface area (Å²) in [5.74, 6) is -0.164. The van der Waals surface area contributed by atoms with Gasteiger partial charge in [0.15, 0.2) is 6.61 Å². The fourth-order valence-corrected chi connectivity index (χ4v) is 6.08. The molecule has 2 heterocycles. The number of rotatable bonds is 5. The molecule has 160 valence electrons. The molecule has 0 bridgehead atoms. The Bertz CT molecular complexity index is 873. The lowest BCUT2D eigenvalue weighted by molar-refractivity contribution is -0.137. The molecule has 0 radical (unpaired) electrons. The van der Waals surface area contributed by atoms with Crippen LogP contribution < -0.4 is 0 Å². The van der Waals surface area contributed by atoms with E-state index in [1.165, 1.54) is 22.5 Å². The van der Waals surface area contributed by atoms with Crippen LogP contribution >= 0.6 is 11.6 Å². The number of piperidine rings is 1. The largest absolute Gasteiger partial charge is 0.452 e. The summed E-state index contributed by atoms with van der Waals surface area (Å²) in [4.78, 5) is 26.4. The lowest BCUT2D eigenvalue weighted by Crippen LogP contribution is -2.44. The molecular formula is C20H27ClN2O5S. The summed E-state index contributed by atoms with van der Waals surface area (Å²) in [5.41, 5.74) is 0.0559. The number of ether oxygens (including phenoxy) is 1. The van der Waals surface area contributed by atoms with Crippen molar-refractivity contribution in [3.63, 3.8) is 0 Å². The minimum absolute atomic E-state index is 0.0559. The Hall–Kier alpha value is -1.64. The van der Waals surface area contributed by atoms with Gasteiger partial charge >= 0.3 is 5.97 Å². The molecular weight excluding hydrogens is 416 g/mol. The van der Waals surface area contributed by atoms with Gasteiger partial charge in [-0.15, -0.1) is 0 Å². The lowest BCUT2D eigenvalue weighted by Gasteiger charge is -2.34. The fraction of sp³-hybridized carbons (Fsp3) is 0.600. The first-order valence-corrected chi connectivity index (χ1v) is 11.7. The van der Waals surface area contributed by atoms with Gasteiger partial charge in [0, 0.05) is 26.2 Å². The first-order chi connectivity index (χ1) is 13.7. The number of likely N-dealkylation sites (tertiary alicyclic amines) is 1. The summed E-state index contributed by atoms with van der Waals surface area (Å²) >= 11 is 6.10. The van der Waals surface area contributed by atoms with Crippen molar-refractivity contribution in [3.05, 3.63) is 28.8 Å². The van der Waals surface area contributed by atoms with Crippen molar-refractivity contribution in [3.8, 4) is 0 Å². The van der Waals surface area contributed by atoms with Crippen LogP contribution in [0.3, 0.4) is 0 Å². The smallest absolute Gasteiger partial charge is 0.338 e. The Balaban J connectivity index is 1.67. The van der Waals surface area contributed by atoms with Crippen molar-refractivity contribution in [1.29, 1.82) is 0 Å². The summed E-state index contributed by atoms with van der Waals surface area (Å²) in [6.45, 7) is 6.01. The Morgan fingerprint density at radius 3 is 2.38 bits per heavy atom. The van der Waals surface area contributed by atoms with Crippen LogP contribution in [0.4, 0.5) is 0 Å². The minimum Gasteiger partial charge on any atom is -0.452 e. The monoisotopic (exact) mass is 442 g/mol. The van der Waals surface area contributed by atoms with Crippen molar-refractivity contribution in [2.75, 3.05) is 32.8 Å². The maximum Gasteiger partial charge on any atom is 0.338 e. The zero-order chi connectivity index (χ0) is 21.2. The number of hydrogen-bond acceptors (Lipinski definition) is 5. The number of esters is 1. The summed E-state index contributed by atoms with van der Waals surface area (Å²) < 4.78 is 32.1. The third-order valence-corrected chi connectivity index (χ3v) is 7.78. The van der Waals surface area contributed by atoms with E-state index < -0.39 is 16.0 Å². The fourth-order valence-electron chi connectivity index (χ4n) is 4.06. The second kappa shape index (κ2) is 9.02. The van der Waals surface area contributed by atoms with E-state index in [9.17, 15) is 18.0 Å². The van der Waals surface area contributed by atoms with E-state index in [0.29, 0.717) is 38.0 Å². The molecule has 2 aliphatic rings. The highest BCUT2D eigenvalue weighted by atomic mass is 35.5. The van der Waals surface area contributed by atoms with Gasteiger partial charge in [-0.2, -0.15) is 4.31 Å². The van der Waals surface area contributed by atoms with Crippen LogP contribution in [0.25, 0.3) is 0 Å². The highest BCUT2D eigenvalue weighted by Crippen LogP contribution is 2.28. The zero-order valence-electron chi connectivity index (χ0n) is 16.8. The van der Waals surface area contributed by atoms with Gasteiger partial charge < -0.3 is 9.64 Å². The normalized spacial score (nSPS) is 23.2. The summed E-state index contributed by atoms with van der Waals surface area (Å²) in [6.07, 6.45) is 2.67. The second-order valence-corrected chi connectivity index (χ2v) is 10.4. The molecule has 1 amide bonds. The predicted molar refractivity (Wildman–Crippen MR) is 109 cm³/mol. The van der Waals surface area contributed by atoms with Gasteiger partial charge in [0.05, 0.1) is 10.6 Å². The maximum atomic E-state index is 12.8. The van der Waals surface area contributed by atoms with E-state index in [1.54, 1.807) is 4.90 Å². The molecule has 0 spiro atoms. The van der Waals surface area contributed by atoms with E-state index in [2.05, 4.69) is 13.8 Å².